The van der Waals surface area contributed by atoms with Crippen LogP contribution in [0, 0.1) is 6.92 Å². The van der Waals surface area contributed by atoms with E-state index >= 15 is 0 Å². The normalized spacial score (nSPS) is 15.3. The molecule has 0 aromatic carbocycles. The zero-order chi connectivity index (χ0) is 15.8. The molecule has 1 N–H and O–H groups in total. The van der Waals surface area contributed by atoms with Gasteiger partial charge < -0.3 is 14.6 Å². The average Bonchev–Trinajstić information content (AvgIpc) is 3.01. The van der Waals surface area contributed by atoms with Crippen LogP contribution in [-0.4, -0.2) is 36.1 Å². The second-order valence-corrected chi connectivity index (χ2v) is 6.40. The van der Waals surface area contributed by atoms with Crippen molar-refractivity contribution in [2.24, 2.45) is 0 Å². The van der Waals surface area contributed by atoms with Crippen LogP contribution < -0.4 is 15.8 Å². The summed E-state index contributed by atoms with van der Waals surface area (Å²) in [5.74, 6) is 0.847. The number of fused-ring (bicyclic) bond motifs is 1. The Morgan fingerprint density at radius 2 is 2.09 bits per heavy atom. The molecule has 3 aromatic rings. The van der Waals surface area contributed by atoms with Gasteiger partial charge in [-0.15, -0.1) is 11.3 Å². The Balaban J connectivity index is 1.77. The number of piperazine rings is 1. The Kier molecular flexibility index (Phi) is 3.59. The Labute approximate surface area is 136 Å². The Hall–Kier alpha value is -2.25. The van der Waals surface area contributed by atoms with Crippen molar-refractivity contribution in [3.05, 3.63) is 39.7 Å². The molecule has 1 saturated heterocycles. The van der Waals surface area contributed by atoms with E-state index in [0.29, 0.717) is 16.3 Å². The van der Waals surface area contributed by atoms with Gasteiger partial charge in [-0.05, 0) is 25.1 Å². The lowest BCUT2D eigenvalue weighted by atomic mass is 10.2. The van der Waals surface area contributed by atoms with Crippen molar-refractivity contribution < 1.29 is 4.42 Å². The zero-order valence-electron chi connectivity index (χ0n) is 12.7. The molecule has 118 valence electrons. The molecule has 0 saturated carbocycles. The number of thiazole rings is 1. The minimum atomic E-state index is -0.392. The van der Waals surface area contributed by atoms with Gasteiger partial charge in [0.1, 0.15) is 10.8 Å². The van der Waals surface area contributed by atoms with Crippen molar-refractivity contribution in [1.29, 1.82) is 0 Å². The molecule has 6 nitrogen and oxygen atoms in total. The molecule has 23 heavy (non-hydrogen) atoms. The van der Waals surface area contributed by atoms with Gasteiger partial charge in [0, 0.05) is 42.6 Å². The number of anilines is 1. The van der Waals surface area contributed by atoms with Crippen LogP contribution in [0.25, 0.3) is 21.7 Å². The van der Waals surface area contributed by atoms with E-state index in [1.54, 1.807) is 0 Å². The van der Waals surface area contributed by atoms with Crippen LogP contribution in [0.5, 0.6) is 0 Å². The smallest absolute Gasteiger partial charge is 0.347 e. The molecular weight excluding hydrogens is 312 g/mol. The summed E-state index contributed by atoms with van der Waals surface area (Å²) in [5, 5.41) is 6.73. The van der Waals surface area contributed by atoms with Crippen LogP contribution >= 0.6 is 11.3 Å². The first kappa shape index (κ1) is 14.3. The predicted octanol–water partition coefficient (Wildman–Crippen LogP) is 2.03. The molecule has 0 atom stereocenters. The van der Waals surface area contributed by atoms with Gasteiger partial charge in [0.15, 0.2) is 0 Å². The molecule has 7 heteroatoms. The van der Waals surface area contributed by atoms with E-state index in [4.69, 9.17) is 4.42 Å². The molecule has 1 aliphatic rings. The van der Waals surface area contributed by atoms with Crippen LogP contribution in [0.1, 0.15) is 5.69 Å². The fourth-order valence-electron chi connectivity index (χ4n) is 2.69. The summed E-state index contributed by atoms with van der Waals surface area (Å²) >= 11 is 1.44. The molecule has 4 heterocycles. The summed E-state index contributed by atoms with van der Waals surface area (Å²) in [6.45, 7) is 5.58. The molecule has 0 radical (unpaired) electrons. The van der Waals surface area contributed by atoms with Gasteiger partial charge in [0.2, 0.25) is 5.71 Å². The SMILES string of the molecule is Cc1csc(-c2cc3ccc(N4CCNCC4)nc3oc2=O)n1. The molecular formula is C16H16N4O2S. The maximum atomic E-state index is 12.3. The lowest BCUT2D eigenvalue weighted by Gasteiger charge is -2.28. The first-order chi connectivity index (χ1) is 11.2. The molecule has 3 aromatic heterocycles. The van der Waals surface area contributed by atoms with Gasteiger partial charge in [-0.3, -0.25) is 0 Å². The van der Waals surface area contributed by atoms with Crippen LogP contribution in [0.15, 0.2) is 32.8 Å². The summed E-state index contributed by atoms with van der Waals surface area (Å²) in [4.78, 5) is 23.3. The molecule has 0 spiro atoms. The second kappa shape index (κ2) is 5.75. The summed E-state index contributed by atoms with van der Waals surface area (Å²) in [7, 11) is 0. The molecule has 1 aliphatic heterocycles. The minimum absolute atomic E-state index is 0.378. The summed E-state index contributed by atoms with van der Waals surface area (Å²) in [5.41, 5.74) is 1.38. The molecule has 0 aliphatic carbocycles. The first-order valence-electron chi connectivity index (χ1n) is 7.54. The number of aryl methyl sites for hydroxylation is 1. The van der Waals surface area contributed by atoms with Gasteiger partial charge in [-0.25, -0.2) is 9.78 Å². The van der Waals surface area contributed by atoms with E-state index in [2.05, 4.69) is 20.2 Å². The van der Waals surface area contributed by atoms with E-state index < -0.39 is 5.63 Å². The number of nitrogens with zero attached hydrogens (tertiary/aromatic N) is 3. The van der Waals surface area contributed by atoms with Crippen molar-refractivity contribution in [2.75, 3.05) is 31.1 Å². The summed E-state index contributed by atoms with van der Waals surface area (Å²) < 4.78 is 5.45. The third-order valence-electron chi connectivity index (χ3n) is 3.87. The highest BCUT2D eigenvalue weighted by molar-refractivity contribution is 7.13. The van der Waals surface area contributed by atoms with Crippen molar-refractivity contribution >= 4 is 28.3 Å². The van der Waals surface area contributed by atoms with Crippen LogP contribution in [0.4, 0.5) is 5.82 Å². The van der Waals surface area contributed by atoms with E-state index in [0.717, 1.165) is 43.1 Å². The number of hydrogen-bond donors (Lipinski definition) is 1. The maximum Gasteiger partial charge on any atom is 0.347 e. The van der Waals surface area contributed by atoms with Crippen molar-refractivity contribution in [3.63, 3.8) is 0 Å². The van der Waals surface area contributed by atoms with Gasteiger partial charge in [0.05, 0.1) is 5.56 Å². The highest BCUT2D eigenvalue weighted by atomic mass is 32.1. The number of hydrogen-bond acceptors (Lipinski definition) is 7. The fraction of sp³-hybridized carbons (Fsp3) is 0.312. The van der Waals surface area contributed by atoms with Gasteiger partial charge >= 0.3 is 5.63 Å². The minimum Gasteiger partial charge on any atom is -0.403 e. The van der Waals surface area contributed by atoms with Crippen LogP contribution in [0.3, 0.4) is 0 Å². The van der Waals surface area contributed by atoms with Gasteiger partial charge in [-0.2, -0.15) is 4.98 Å². The van der Waals surface area contributed by atoms with E-state index in [9.17, 15) is 4.79 Å². The number of pyridine rings is 1. The topological polar surface area (TPSA) is 71.3 Å². The first-order valence-corrected chi connectivity index (χ1v) is 8.42. The Morgan fingerprint density at radius 1 is 1.26 bits per heavy atom. The third-order valence-corrected chi connectivity index (χ3v) is 4.87. The van der Waals surface area contributed by atoms with Gasteiger partial charge in [0.25, 0.3) is 0 Å². The molecule has 0 amide bonds. The highest BCUT2D eigenvalue weighted by Crippen LogP contribution is 2.25. The standard InChI is InChI=1S/C16H16N4O2S/c1-10-9-23-15(18-10)12-8-11-2-3-13(19-14(11)22-16(12)21)20-6-4-17-5-7-20/h2-3,8-9,17H,4-7H2,1H3. The summed E-state index contributed by atoms with van der Waals surface area (Å²) in [6, 6.07) is 5.74. The van der Waals surface area contributed by atoms with Crippen LogP contribution in [-0.2, 0) is 0 Å². The molecule has 0 unspecified atom stereocenters. The van der Waals surface area contributed by atoms with Crippen molar-refractivity contribution in [3.8, 4) is 10.6 Å². The third kappa shape index (κ3) is 2.73. The average molecular weight is 328 g/mol. The lowest BCUT2D eigenvalue weighted by Crippen LogP contribution is -2.43. The molecule has 4 rings (SSSR count). The molecule has 0 bridgehead atoms. The number of nitrogens with one attached hydrogen (secondary N) is 1. The number of rotatable bonds is 2. The number of aromatic nitrogens is 2. The van der Waals surface area contributed by atoms with Crippen LogP contribution in [0.2, 0.25) is 0 Å². The predicted molar refractivity (Wildman–Crippen MR) is 91.2 cm³/mol. The lowest BCUT2D eigenvalue weighted by molar-refractivity contribution is 0.548. The summed E-state index contributed by atoms with van der Waals surface area (Å²) in [6.07, 6.45) is 0. The monoisotopic (exact) mass is 328 g/mol. The highest BCUT2D eigenvalue weighted by Gasteiger charge is 2.15. The quantitative estimate of drug-likeness (QED) is 0.776. The van der Waals surface area contributed by atoms with E-state index in [1.165, 1.54) is 11.3 Å². The van der Waals surface area contributed by atoms with Crippen molar-refractivity contribution in [1.82, 2.24) is 15.3 Å². The zero-order valence-corrected chi connectivity index (χ0v) is 13.5. The Bertz CT molecular complexity index is 912. The Morgan fingerprint density at radius 3 is 2.83 bits per heavy atom. The molecule has 1 fully saturated rings. The van der Waals surface area contributed by atoms with E-state index in [-0.39, 0.29) is 0 Å². The fourth-order valence-corrected chi connectivity index (χ4v) is 3.49. The second-order valence-electron chi connectivity index (χ2n) is 5.54. The van der Waals surface area contributed by atoms with Crippen molar-refractivity contribution in [2.45, 2.75) is 6.92 Å². The van der Waals surface area contributed by atoms with E-state index in [1.807, 2.05) is 30.5 Å². The maximum absolute atomic E-state index is 12.3. The van der Waals surface area contributed by atoms with Gasteiger partial charge in [-0.1, -0.05) is 0 Å². The largest absolute Gasteiger partial charge is 0.403 e.